The number of amides is 1. The van der Waals surface area contributed by atoms with Gasteiger partial charge in [-0.1, -0.05) is 37.1 Å². The third-order valence-corrected chi connectivity index (χ3v) is 4.81. The van der Waals surface area contributed by atoms with E-state index in [4.69, 9.17) is 25.8 Å². The minimum atomic E-state index is -0.531. The van der Waals surface area contributed by atoms with Crippen molar-refractivity contribution in [3.05, 3.63) is 88.9 Å². The number of unbranched alkanes of at least 4 members (excludes halogenated alkanes) is 1. The minimum Gasteiger partial charge on any atom is -0.494 e. The summed E-state index contributed by atoms with van der Waals surface area (Å²) < 4.78 is 16.5. The number of benzene rings is 3. The Labute approximate surface area is 203 Å². The lowest BCUT2D eigenvalue weighted by atomic mass is 10.2. The van der Waals surface area contributed by atoms with E-state index in [2.05, 4.69) is 17.5 Å². The number of ether oxygens (including phenoxy) is 3. The molecular formula is C26H25ClN2O5. The van der Waals surface area contributed by atoms with Gasteiger partial charge in [-0.3, -0.25) is 4.79 Å². The molecule has 1 amide bonds. The van der Waals surface area contributed by atoms with Crippen LogP contribution in [0.2, 0.25) is 5.02 Å². The maximum atomic E-state index is 12.4. The third kappa shape index (κ3) is 7.94. The predicted molar refractivity (Wildman–Crippen MR) is 131 cm³/mol. The molecule has 0 aromatic heterocycles. The van der Waals surface area contributed by atoms with Crippen molar-refractivity contribution >= 4 is 29.7 Å². The second kappa shape index (κ2) is 13.0. The fraction of sp³-hybridized carbons (Fsp3) is 0.192. The Morgan fingerprint density at radius 2 is 1.62 bits per heavy atom. The molecular weight excluding hydrogens is 456 g/mol. The molecule has 34 heavy (non-hydrogen) atoms. The Morgan fingerprint density at radius 3 is 2.32 bits per heavy atom. The van der Waals surface area contributed by atoms with Gasteiger partial charge < -0.3 is 14.2 Å². The molecule has 3 rings (SSSR count). The summed E-state index contributed by atoms with van der Waals surface area (Å²) in [6, 6.07) is 20.3. The van der Waals surface area contributed by atoms with Crippen LogP contribution in [0, 0.1) is 0 Å². The molecule has 3 aromatic rings. The van der Waals surface area contributed by atoms with Crippen molar-refractivity contribution in [3.8, 4) is 17.2 Å². The number of hydrazone groups is 1. The topological polar surface area (TPSA) is 86.2 Å². The molecule has 0 spiro atoms. The van der Waals surface area contributed by atoms with Gasteiger partial charge in [0.05, 0.1) is 18.4 Å². The van der Waals surface area contributed by atoms with Crippen LogP contribution in [0.5, 0.6) is 17.2 Å². The number of nitrogens with one attached hydrogen (secondary N) is 1. The standard InChI is InChI=1S/C26H25ClN2O5/c1-2-3-16-32-22-12-14-23(15-13-22)33-18-25(30)29-28-17-20-6-4-5-7-24(20)34-26(31)19-8-10-21(27)11-9-19/h4-15,17H,2-3,16,18H2,1H3,(H,29,30)/b28-17+. The molecule has 0 aliphatic heterocycles. The van der Waals surface area contributed by atoms with Gasteiger partial charge in [0.25, 0.3) is 5.91 Å². The highest BCUT2D eigenvalue weighted by atomic mass is 35.5. The number of esters is 1. The number of carbonyl (C=O) groups is 2. The van der Waals surface area contributed by atoms with E-state index in [1.165, 1.54) is 6.21 Å². The normalized spacial score (nSPS) is 10.6. The van der Waals surface area contributed by atoms with Gasteiger partial charge in [0.1, 0.15) is 17.2 Å². The van der Waals surface area contributed by atoms with E-state index in [9.17, 15) is 9.59 Å². The molecule has 176 valence electrons. The van der Waals surface area contributed by atoms with E-state index in [1.807, 2.05) is 0 Å². The Morgan fingerprint density at radius 1 is 0.941 bits per heavy atom. The summed E-state index contributed by atoms with van der Waals surface area (Å²) in [6.45, 7) is 2.56. The Bertz CT molecular complexity index is 1110. The summed E-state index contributed by atoms with van der Waals surface area (Å²) in [7, 11) is 0. The van der Waals surface area contributed by atoms with Crippen molar-refractivity contribution in [1.29, 1.82) is 0 Å². The first-order valence-electron chi connectivity index (χ1n) is 10.8. The number of para-hydroxylation sites is 1. The van der Waals surface area contributed by atoms with Crippen LogP contribution >= 0.6 is 11.6 Å². The highest BCUT2D eigenvalue weighted by molar-refractivity contribution is 6.30. The summed E-state index contributed by atoms with van der Waals surface area (Å²) in [5, 5.41) is 4.45. The van der Waals surface area contributed by atoms with Crippen LogP contribution in [0.4, 0.5) is 0 Å². The lowest BCUT2D eigenvalue weighted by Gasteiger charge is -2.08. The summed E-state index contributed by atoms with van der Waals surface area (Å²) in [5.74, 6) is 0.636. The van der Waals surface area contributed by atoms with Crippen LogP contribution in [-0.2, 0) is 4.79 Å². The van der Waals surface area contributed by atoms with E-state index < -0.39 is 11.9 Å². The first kappa shape index (κ1) is 24.8. The van der Waals surface area contributed by atoms with E-state index in [-0.39, 0.29) is 6.61 Å². The van der Waals surface area contributed by atoms with Crippen molar-refractivity contribution in [2.24, 2.45) is 5.10 Å². The summed E-state index contributed by atoms with van der Waals surface area (Å²) in [5.41, 5.74) is 3.27. The van der Waals surface area contributed by atoms with Crippen LogP contribution in [0.25, 0.3) is 0 Å². The zero-order valence-corrected chi connectivity index (χ0v) is 19.5. The molecule has 1 N–H and O–H groups in total. The maximum Gasteiger partial charge on any atom is 0.343 e. The van der Waals surface area contributed by atoms with Gasteiger partial charge >= 0.3 is 5.97 Å². The van der Waals surface area contributed by atoms with Gasteiger partial charge in [-0.05, 0) is 67.1 Å². The van der Waals surface area contributed by atoms with Crippen LogP contribution < -0.4 is 19.6 Å². The molecule has 0 bridgehead atoms. The molecule has 0 radical (unpaired) electrons. The molecule has 0 saturated carbocycles. The summed E-state index contributed by atoms with van der Waals surface area (Å²) in [6.07, 6.45) is 3.46. The molecule has 0 aliphatic rings. The SMILES string of the molecule is CCCCOc1ccc(OCC(=O)N/N=C/c2ccccc2OC(=O)c2ccc(Cl)cc2)cc1. The van der Waals surface area contributed by atoms with Gasteiger partial charge in [-0.25, -0.2) is 10.2 Å². The average Bonchev–Trinajstić information content (AvgIpc) is 2.85. The summed E-state index contributed by atoms with van der Waals surface area (Å²) >= 11 is 5.85. The monoisotopic (exact) mass is 480 g/mol. The van der Waals surface area contributed by atoms with Crippen molar-refractivity contribution in [1.82, 2.24) is 5.43 Å². The van der Waals surface area contributed by atoms with E-state index in [0.29, 0.717) is 34.3 Å². The van der Waals surface area contributed by atoms with Crippen molar-refractivity contribution < 1.29 is 23.8 Å². The second-order valence-corrected chi connectivity index (χ2v) is 7.63. The van der Waals surface area contributed by atoms with Gasteiger partial charge in [-0.2, -0.15) is 5.10 Å². The van der Waals surface area contributed by atoms with Crippen LogP contribution in [-0.4, -0.2) is 31.3 Å². The fourth-order valence-electron chi connectivity index (χ4n) is 2.75. The zero-order chi connectivity index (χ0) is 24.2. The smallest absolute Gasteiger partial charge is 0.343 e. The first-order chi connectivity index (χ1) is 16.5. The van der Waals surface area contributed by atoms with Crippen molar-refractivity contribution in [2.75, 3.05) is 13.2 Å². The summed E-state index contributed by atoms with van der Waals surface area (Å²) in [4.78, 5) is 24.4. The molecule has 3 aromatic carbocycles. The van der Waals surface area contributed by atoms with Crippen molar-refractivity contribution in [3.63, 3.8) is 0 Å². The van der Waals surface area contributed by atoms with Crippen LogP contribution in [0.15, 0.2) is 77.9 Å². The average molecular weight is 481 g/mol. The molecule has 0 unspecified atom stereocenters. The second-order valence-electron chi connectivity index (χ2n) is 7.19. The number of rotatable bonds is 11. The number of hydrogen-bond acceptors (Lipinski definition) is 6. The highest BCUT2D eigenvalue weighted by Crippen LogP contribution is 2.19. The molecule has 0 saturated heterocycles. The molecule has 0 fully saturated rings. The molecule has 0 aliphatic carbocycles. The molecule has 0 heterocycles. The Kier molecular flexibility index (Phi) is 9.49. The molecule has 0 atom stereocenters. The Hall–Kier alpha value is -3.84. The van der Waals surface area contributed by atoms with Crippen molar-refractivity contribution in [2.45, 2.75) is 19.8 Å². The van der Waals surface area contributed by atoms with E-state index >= 15 is 0 Å². The van der Waals surface area contributed by atoms with Gasteiger partial charge in [-0.15, -0.1) is 0 Å². The number of halogens is 1. The third-order valence-electron chi connectivity index (χ3n) is 4.55. The first-order valence-corrected chi connectivity index (χ1v) is 11.2. The minimum absolute atomic E-state index is 0.208. The largest absolute Gasteiger partial charge is 0.494 e. The zero-order valence-electron chi connectivity index (χ0n) is 18.7. The quantitative estimate of drug-likeness (QED) is 0.133. The number of nitrogens with zero attached hydrogens (tertiary/aromatic N) is 1. The lowest BCUT2D eigenvalue weighted by Crippen LogP contribution is -2.24. The number of hydrogen-bond donors (Lipinski definition) is 1. The lowest BCUT2D eigenvalue weighted by molar-refractivity contribution is -0.123. The van der Waals surface area contributed by atoms with Gasteiger partial charge in [0.15, 0.2) is 6.61 Å². The highest BCUT2D eigenvalue weighted by Gasteiger charge is 2.11. The predicted octanol–water partition coefficient (Wildman–Crippen LogP) is 5.27. The van der Waals surface area contributed by atoms with Crippen LogP contribution in [0.1, 0.15) is 35.7 Å². The van der Waals surface area contributed by atoms with Crippen LogP contribution in [0.3, 0.4) is 0 Å². The molecule has 7 nitrogen and oxygen atoms in total. The van der Waals surface area contributed by atoms with E-state index in [0.717, 1.165) is 18.6 Å². The Balaban J connectivity index is 1.49. The van der Waals surface area contributed by atoms with E-state index in [1.54, 1.807) is 72.8 Å². The molecule has 8 heteroatoms. The number of carbonyl (C=O) groups excluding carboxylic acids is 2. The fourth-order valence-corrected chi connectivity index (χ4v) is 2.87. The maximum absolute atomic E-state index is 12.4. The van der Waals surface area contributed by atoms with Gasteiger partial charge in [0.2, 0.25) is 0 Å². The van der Waals surface area contributed by atoms with Gasteiger partial charge in [0, 0.05) is 10.6 Å².